The molecule has 1 unspecified atom stereocenters. The molecule has 1 saturated carbocycles. The summed E-state index contributed by atoms with van der Waals surface area (Å²) in [4.78, 5) is 6.61. The normalized spacial score (nSPS) is 25.4. The van der Waals surface area contributed by atoms with Gasteiger partial charge in [-0.05, 0) is 48.9 Å². The Balaban J connectivity index is 1.26. The molecule has 7 heteroatoms. The van der Waals surface area contributed by atoms with Crippen molar-refractivity contribution in [3.05, 3.63) is 48.2 Å². The Morgan fingerprint density at radius 2 is 1.88 bits per heavy atom. The zero-order valence-electron chi connectivity index (χ0n) is 14.1. The molecule has 0 amide bonds. The smallest absolute Gasteiger partial charge is 0.162 e. The molecule has 0 spiro atoms. The fraction of sp³-hybridized carbons (Fsp3) is 0.421. The van der Waals surface area contributed by atoms with E-state index in [1.54, 1.807) is 17.8 Å². The van der Waals surface area contributed by atoms with E-state index in [1.807, 2.05) is 6.07 Å². The Bertz CT molecular complexity index is 761. The lowest BCUT2D eigenvalue weighted by Crippen LogP contribution is -2.24. The number of fused-ring (bicyclic) bond motifs is 1. The highest BCUT2D eigenvalue weighted by molar-refractivity contribution is 7.99. The number of aromatic nitrogens is 1. The number of ether oxygens (including phenoxy) is 1. The lowest BCUT2D eigenvalue weighted by atomic mass is 10.0. The molecule has 1 saturated heterocycles. The van der Waals surface area contributed by atoms with Gasteiger partial charge in [-0.3, -0.25) is 4.90 Å². The maximum absolute atomic E-state index is 13.3. The van der Waals surface area contributed by atoms with Crippen molar-refractivity contribution >= 4 is 11.8 Å². The number of pyridine rings is 1. The van der Waals surface area contributed by atoms with Crippen LogP contribution in [0.5, 0.6) is 11.5 Å². The first-order valence-corrected chi connectivity index (χ1v) is 9.67. The van der Waals surface area contributed by atoms with Crippen molar-refractivity contribution < 1.29 is 18.6 Å². The lowest BCUT2D eigenvalue weighted by molar-refractivity contribution is 0.188. The minimum absolute atomic E-state index is 0.0726. The Morgan fingerprint density at radius 3 is 2.54 bits per heavy atom. The number of hydrogen-bond donors (Lipinski definition) is 1. The van der Waals surface area contributed by atoms with E-state index in [4.69, 9.17) is 4.74 Å². The predicted octanol–water partition coefficient (Wildman–Crippen LogP) is 3.90. The van der Waals surface area contributed by atoms with Crippen LogP contribution >= 0.6 is 11.8 Å². The van der Waals surface area contributed by atoms with E-state index in [0.29, 0.717) is 17.6 Å². The summed E-state index contributed by atoms with van der Waals surface area (Å²) in [6.45, 7) is 2.04. The van der Waals surface area contributed by atoms with Crippen molar-refractivity contribution in [3.8, 4) is 11.5 Å². The number of benzene rings is 1. The van der Waals surface area contributed by atoms with Crippen molar-refractivity contribution in [2.75, 3.05) is 19.0 Å². The van der Waals surface area contributed by atoms with Crippen LogP contribution in [0.3, 0.4) is 0 Å². The van der Waals surface area contributed by atoms with Gasteiger partial charge in [0.2, 0.25) is 0 Å². The average Bonchev–Trinajstić information content (AvgIpc) is 3.16. The van der Waals surface area contributed by atoms with Gasteiger partial charge in [-0.1, -0.05) is 11.8 Å². The van der Waals surface area contributed by atoms with Crippen LogP contribution in [0.1, 0.15) is 12.8 Å². The third kappa shape index (κ3) is 3.94. The number of aromatic hydroxyl groups is 1. The number of nitrogens with zero attached hydrogens (tertiary/aromatic N) is 2. The van der Waals surface area contributed by atoms with Gasteiger partial charge in [0.1, 0.15) is 11.5 Å². The molecule has 2 heterocycles. The monoisotopic (exact) mass is 378 g/mol. The third-order valence-electron chi connectivity index (χ3n) is 5.09. The highest BCUT2D eigenvalue weighted by Crippen LogP contribution is 2.40. The molecule has 1 N–H and O–H groups in total. The van der Waals surface area contributed by atoms with E-state index >= 15 is 0 Å². The van der Waals surface area contributed by atoms with Crippen LogP contribution in [0.25, 0.3) is 0 Å². The van der Waals surface area contributed by atoms with Crippen LogP contribution in [0.15, 0.2) is 41.6 Å². The molecule has 2 fully saturated rings. The van der Waals surface area contributed by atoms with Gasteiger partial charge in [0.25, 0.3) is 0 Å². The first-order valence-electron chi connectivity index (χ1n) is 8.68. The second kappa shape index (κ2) is 7.40. The van der Waals surface area contributed by atoms with E-state index in [9.17, 15) is 13.9 Å². The molecule has 3 atom stereocenters. The molecule has 0 bridgehead atoms. The Hall–Kier alpha value is -1.86. The molecule has 0 radical (unpaired) electrons. The summed E-state index contributed by atoms with van der Waals surface area (Å²) in [5, 5.41) is 10.2. The molecule has 1 aromatic carbocycles. The van der Waals surface area contributed by atoms with Gasteiger partial charge in [0.05, 0.1) is 23.2 Å². The SMILES string of the molecule is Oc1ccc(SCN2C[C@H]3CC(Oc4ccc(F)c(F)c4)C[C@H]3C2)nc1. The summed E-state index contributed by atoms with van der Waals surface area (Å²) in [5.41, 5.74) is 0. The van der Waals surface area contributed by atoms with Crippen molar-refractivity contribution in [2.24, 2.45) is 11.8 Å². The van der Waals surface area contributed by atoms with Crippen molar-refractivity contribution in [2.45, 2.75) is 24.0 Å². The van der Waals surface area contributed by atoms with Gasteiger partial charge in [-0.25, -0.2) is 13.8 Å². The van der Waals surface area contributed by atoms with Gasteiger partial charge >= 0.3 is 0 Å². The first-order chi connectivity index (χ1) is 12.6. The number of rotatable bonds is 5. The van der Waals surface area contributed by atoms with Gasteiger partial charge in [-0.15, -0.1) is 0 Å². The maximum Gasteiger partial charge on any atom is 0.162 e. The number of halogens is 2. The summed E-state index contributed by atoms with van der Waals surface area (Å²) in [6, 6.07) is 7.19. The summed E-state index contributed by atoms with van der Waals surface area (Å²) >= 11 is 1.67. The molecular weight excluding hydrogens is 358 g/mol. The van der Waals surface area contributed by atoms with Crippen LogP contribution in [0, 0.1) is 23.5 Å². The number of likely N-dealkylation sites (tertiary alicyclic amines) is 1. The van der Waals surface area contributed by atoms with Crippen molar-refractivity contribution in [3.63, 3.8) is 0 Å². The quantitative estimate of drug-likeness (QED) is 0.800. The molecule has 1 aliphatic heterocycles. The molecule has 2 aliphatic rings. The van der Waals surface area contributed by atoms with Crippen molar-refractivity contribution in [1.82, 2.24) is 9.88 Å². The van der Waals surface area contributed by atoms with E-state index in [1.165, 1.54) is 12.3 Å². The molecule has 1 aromatic heterocycles. The van der Waals surface area contributed by atoms with Gasteiger partial charge < -0.3 is 9.84 Å². The standard InChI is InChI=1S/C19H20F2N2O2S/c20-17-3-2-15(7-18(17)21)25-16-5-12-9-23(10-13(12)6-16)11-26-19-4-1-14(24)8-22-19/h1-4,7-8,12-13,16,24H,5-6,9-11H2/t12-,13+,16?. The molecule has 1 aliphatic carbocycles. The molecule has 138 valence electrons. The minimum atomic E-state index is -0.869. The minimum Gasteiger partial charge on any atom is -0.506 e. The van der Waals surface area contributed by atoms with E-state index in [2.05, 4.69) is 9.88 Å². The van der Waals surface area contributed by atoms with Gasteiger partial charge in [-0.2, -0.15) is 0 Å². The van der Waals surface area contributed by atoms with Gasteiger partial charge in [0, 0.05) is 19.2 Å². The van der Waals surface area contributed by atoms with Crippen molar-refractivity contribution in [1.29, 1.82) is 0 Å². The Kier molecular flexibility index (Phi) is 5.00. The maximum atomic E-state index is 13.3. The lowest BCUT2D eigenvalue weighted by Gasteiger charge is -2.19. The molecule has 4 rings (SSSR count). The average molecular weight is 378 g/mol. The van der Waals surface area contributed by atoms with Crippen LogP contribution in [0.4, 0.5) is 8.78 Å². The summed E-state index contributed by atoms with van der Waals surface area (Å²) < 4.78 is 32.2. The highest BCUT2D eigenvalue weighted by Gasteiger charge is 2.41. The molecule has 2 aromatic rings. The van der Waals surface area contributed by atoms with E-state index in [0.717, 1.165) is 49.0 Å². The number of thioether (sulfide) groups is 1. The van der Waals surface area contributed by atoms with Crippen LogP contribution < -0.4 is 4.74 Å². The summed E-state index contributed by atoms with van der Waals surface area (Å²) in [5.74, 6) is 0.900. The fourth-order valence-corrected chi connectivity index (χ4v) is 4.72. The topological polar surface area (TPSA) is 45.6 Å². The van der Waals surface area contributed by atoms with Crippen LogP contribution in [0.2, 0.25) is 0 Å². The highest BCUT2D eigenvalue weighted by atomic mass is 32.2. The fourth-order valence-electron chi connectivity index (χ4n) is 3.90. The second-order valence-corrected chi connectivity index (χ2v) is 7.94. The van der Waals surface area contributed by atoms with E-state index < -0.39 is 11.6 Å². The van der Waals surface area contributed by atoms with E-state index in [-0.39, 0.29) is 11.9 Å². The zero-order valence-corrected chi connectivity index (χ0v) is 15.0. The molecule has 4 nitrogen and oxygen atoms in total. The number of hydrogen-bond acceptors (Lipinski definition) is 5. The largest absolute Gasteiger partial charge is 0.506 e. The summed E-state index contributed by atoms with van der Waals surface area (Å²) in [7, 11) is 0. The molecular formula is C19H20F2N2O2S. The second-order valence-electron chi connectivity index (χ2n) is 6.97. The molecule has 26 heavy (non-hydrogen) atoms. The Morgan fingerprint density at radius 1 is 1.12 bits per heavy atom. The Labute approximate surface area is 155 Å². The summed E-state index contributed by atoms with van der Waals surface area (Å²) in [6.07, 6.45) is 3.43. The van der Waals surface area contributed by atoms with Crippen LogP contribution in [-0.2, 0) is 0 Å². The van der Waals surface area contributed by atoms with Gasteiger partial charge in [0.15, 0.2) is 11.6 Å². The van der Waals surface area contributed by atoms with Crippen LogP contribution in [-0.4, -0.2) is 40.1 Å². The predicted molar refractivity (Wildman–Crippen MR) is 95.2 cm³/mol. The third-order valence-corrected chi connectivity index (χ3v) is 6.12. The zero-order chi connectivity index (χ0) is 18.1. The first kappa shape index (κ1) is 17.5.